The molecule has 0 saturated heterocycles. The summed E-state index contributed by atoms with van der Waals surface area (Å²) in [4.78, 5) is 15.6. The SMILES string of the molecule is CCC(C)NC(=O)CCNC(C)c1ccc(F)cn1. The second-order valence-corrected chi connectivity index (χ2v) is 4.70. The lowest BCUT2D eigenvalue weighted by molar-refractivity contribution is -0.121. The highest BCUT2D eigenvalue weighted by atomic mass is 19.1. The first-order chi connectivity index (χ1) is 9.02. The van der Waals surface area contributed by atoms with Gasteiger partial charge in [0.1, 0.15) is 5.82 Å². The van der Waals surface area contributed by atoms with Gasteiger partial charge in [0.2, 0.25) is 5.91 Å². The number of halogens is 1. The summed E-state index contributed by atoms with van der Waals surface area (Å²) < 4.78 is 12.7. The van der Waals surface area contributed by atoms with E-state index in [9.17, 15) is 9.18 Å². The van der Waals surface area contributed by atoms with Crippen LogP contribution in [0.5, 0.6) is 0 Å². The van der Waals surface area contributed by atoms with E-state index in [0.29, 0.717) is 13.0 Å². The molecule has 0 bridgehead atoms. The summed E-state index contributed by atoms with van der Waals surface area (Å²) in [7, 11) is 0. The van der Waals surface area contributed by atoms with Gasteiger partial charge in [-0.1, -0.05) is 6.92 Å². The standard InChI is InChI=1S/C14H22FN3O/c1-4-10(2)18-14(19)7-8-16-11(3)13-6-5-12(15)9-17-13/h5-6,9-11,16H,4,7-8H2,1-3H3,(H,18,19). The van der Waals surface area contributed by atoms with E-state index in [-0.39, 0.29) is 23.8 Å². The van der Waals surface area contributed by atoms with Crippen molar-refractivity contribution in [1.82, 2.24) is 15.6 Å². The molecule has 1 heterocycles. The Morgan fingerprint density at radius 3 is 2.74 bits per heavy atom. The molecule has 0 aliphatic heterocycles. The van der Waals surface area contributed by atoms with Crippen molar-refractivity contribution >= 4 is 5.91 Å². The predicted octanol–water partition coefficient (Wildman–Crippen LogP) is 2.18. The number of hydrogen-bond donors (Lipinski definition) is 2. The smallest absolute Gasteiger partial charge is 0.221 e. The van der Waals surface area contributed by atoms with Gasteiger partial charge in [-0.3, -0.25) is 9.78 Å². The normalized spacial score (nSPS) is 13.9. The van der Waals surface area contributed by atoms with E-state index in [0.717, 1.165) is 12.1 Å². The van der Waals surface area contributed by atoms with Gasteiger partial charge in [0.15, 0.2) is 0 Å². The first-order valence-electron chi connectivity index (χ1n) is 6.67. The number of pyridine rings is 1. The van der Waals surface area contributed by atoms with Crippen LogP contribution in [0, 0.1) is 5.82 Å². The highest BCUT2D eigenvalue weighted by Gasteiger charge is 2.08. The second-order valence-electron chi connectivity index (χ2n) is 4.70. The van der Waals surface area contributed by atoms with E-state index in [2.05, 4.69) is 15.6 Å². The third kappa shape index (κ3) is 5.79. The third-order valence-electron chi connectivity index (χ3n) is 3.02. The largest absolute Gasteiger partial charge is 0.354 e. The lowest BCUT2D eigenvalue weighted by atomic mass is 10.2. The maximum atomic E-state index is 12.7. The Balaban J connectivity index is 2.29. The van der Waals surface area contributed by atoms with Gasteiger partial charge in [-0.15, -0.1) is 0 Å². The minimum atomic E-state index is -0.344. The maximum absolute atomic E-state index is 12.7. The summed E-state index contributed by atoms with van der Waals surface area (Å²) in [6.45, 7) is 6.52. The molecule has 0 saturated carbocycles. The summed E-state index contributed by atoms with van der Waals surface area (Å²) >= 11 is 0. The summed E-state index contributed by atoms with van der Waals surface area (Å²) in [5, 5.41) is 6.10. The van der Waals surface area contributed by atoms with Gasteiger partial charge < -0.3 is 10.6 Å². The van der Waals surface area contributed by atoms with Crippen LogP contribution in [-0.4, -0.2) is 23.5 Å². The Hall–Kier alpha value is -1.49. The van der Waals surface area contributed by atoms with Crippen LogP contribution in [-0.2, 0) is 4.79 Å². The zero-order valence-electron chi connectivity index (χ0n) is 11.7. The van der Waals surface area contributed by atoms with Crippen molar-refractivity contribution in [3.63, 3.8) is 0 Å². The van der Waals surface area contributed by atoms with Gasteiger partial charge >= 0.3 is 0 Å². The molecule has 0 radical (unpaired) electrons. The second kappa shape index (κ2) is 7.84. The molecule has 1 rings (SSSR count). The van der Waals surface area contributed by atoms with E-state index in [1.54, 1.807) is 6.07 Å². The molecule has 1 aromatic rings. The highest BCUT2D eigenvalue weighted by Crippen LogP contribution is 2.08. The van der Waals surface area contributed by atoms with Crippen molar-refractivity contribution in [1.29, 1.82) is 0 Å². The summed E-state index contributed by atoms with van der Waals surface area (Å²) in [5.41, 5.74) is 0.767. The van der Waals surface area contributed by atoms with Crippen LogP contribution < -0.4 is 10.6 Å². The Morgan fingerprint density at radius 2 is 2.16 bits per heavy atom. The number of hydrogen-bond acceptors (Lipinski definition) is 3. The summed E-state index contributed by atoms with van der Waals surface area (Å²) in [5.74, 6) is -0.301. The van der Waals surface area contributed by atoms with E-state index in [1.165, 1.54) is 12.3 Å². The van der Waals surface area contributed by atoms with E-state index in [4.69, 9.17) is 0 Å². The van der Waals surface area contributed by atoms with Gasteiger partial charge in [0, 0.05) is 25.0 Å². The first-order valence-corrected chi connectivity index (χ1v) is 6.67. The Bertz CT molecular complexity index is 394. The molecule has 0 fully saturated rings. The lowest BCUT2D eigenvalue weighted by Crippen LogP contribution is -2.34. The monoisotopic (exact) mass is 267 g/mol. The molecule has 4 nitrogen and oxygen atoms in total. The van der Waals surface area contributed by atoms with Crippen LogP contribution in [0.25, 0.3) is 0 Å². The van der Waals surface area contributed by atoms with E-state index >= 15 is 0 Å². The fraction of sp³-hybridized carbons (Fsp3) is 0.571. The molecule has 0 aromatic carbocycles. The van der Waals surface area contributed by atoms with Crippen molar-refractivity contribution in [2.24, 2.45) is 0 Å². The van der Waals surface area contributed by atoms with Crippen LogP contribution in [0.3, 0.4) is 0 Å². The van der Waals surface area contributed by atoms with E-state index < -0.39 is 0 Å². The molecule has 106 valence electrons. The molecule has 1 aromatic heterocycles. The number of carbonyl (C=O) groups is 1. The van der Waals surface area contributed by atoms with E-state index in [1.807, 2.05) is 20.8 Å². The molecule has 0 aliphatic carbocycles. The molecular weight excluding hydrogens is 245 g/mol. The third-order valence-corrected chi connectivity index (χ3v) is 3.02. The van der Waals surface area contributed by atoms with Crippen molar-refractivity contribution < 1.29 is 9.18 Å². The molecule has 19 heavy (non-hydrogen) atoms. The molecular formula is C14H22FN3O. The minimum Gasteiger partial charge on any atom is -0.354 e. The molecule has 5 heteroatoms. The maximum Gasteiger partial charge on any atom is 0.221 e. The average Bonchev–Trinajstić information content (AvgIpc) is 2.39. The molecule has 2 unspecified atom stereocenters. The topological polar surface area (TPSA) is 54.0 Å². The number of nitrogens with zero attached hydrogens (tertiary/aromatic N) is 1. The molecule has 2 N–H and O–H groups in total. The van der Waals surface area contributed by atoms with Gasteiger partial charge in [-0.05, 0) is 32.4 Å². The molecule has 0 spiro atoms. The average molecular weight is 267 g/mol. The van der Waals surface area contributed by atoms with Crippen molar-refractivity contribution in [3.05, 3.63) is 29.8 Å². The minimum absolute atomic E-state index is 0.00278. The number of nitrogens with one attached hydrogen (secondary N) is 2. The summed E-state index contributed by atoms with van der Waals surface area (Å²) in [6.07, 6.45) is 2.55. The molecule has 0 aliphatic rings. The predicted molar refractivity (Wildman–Crippen MR) is 73.1 cm³/mol. The highest BCUT2D eigenvalue weighted by molar-refractivity contribution is 5.76. The number of aromatic nitrogens is 1. The number of amides is 1. The van der Waals surface area contributed by atoms with Gasteiger partial charge in [0.05, 0.1) is 11.9 Å². The molecule has 1 amide bonds. The zero-order chi connectivity index (χ0) is 14.3. The van der Waals surface area contributed by atoms with Crippen molar-refractivity contribution in [2.75, 3.05) is 6.54 Å². The number of rotatable bonds is 7. The summed E-state index contributed by atoms with van der Waals surface area (Å²) in [6, 6.07) is 3.24. The van der Waals surface area contributed by atoms with Gasteiger partial charge in [-0.25, -0.2) is 4.39 Å². The zero-order valence-corrected chi connectivity index (χ0v) is 11.7. The van der Waals surface area contributed by atoms with Crippen LogP contribution in [0.1, 0.15) is 45.3 Å². The number of carbonyl (C=O) groups excluding carboxylic acids is 1. The Labute approximate surface area is 113 Å². The molecule has 2 atom stereocenters. The van der Waals surface area contributed by atoms with Gasteiger partial charge in [0.25, 0.3) is 0 Å². The van der Waals surface area contributed by atoms with Crippen molar-refractivity contribution in [2.45, 2.75) is 45.7 Å². The lowest BCUT2D eigenvalue weighted by Gasteiger charge is -2.14. The quantitative estimate of drug-likeness (QED) is 0.796. The Morgan fingerprint density at radius 1 is 1.42 bits per heavy atom. The van der Waals surface area contributed by atoms with Crippen LogP contribution in [0.4, 0.5) is 4.39 Å². The van der Waals surface area contributed by atoms with Gasteiger partial charge in [-0.2, -0.15) is 0 Å². The van der Waals surface area contributed by atoms with Crippen LogP contribution in [0.2, 0.25) is 0 Å². The fourth-order valence-electron chi connectivity index (χ4n) is 1.60. The fourth-order valence-corrected chi connectivity index (χ4v) is 1.60. The van der Waals surface area contributed by atoms with Crippen LogP contribution >= 0.6 is 0 Å². The van der Waals surface area contributed by atoms with Crippen molar-refractivity contribution in [3.8, 4) is 0 Å². The first kappa shape index (κ1) is 15.6. The van der Waals surface area contributed by atoms with Crippen LogP contribution in [0.15, 0.2) is 18.3 Å². The Kier molecular flexibility index (Phi) is 6.42.